The second kappa shape index (κ2) is 4.73. The van der Waals surface area contributed by atoms with Crippen LogP contribution in [0, 0.1) is 5.92 Å². The van der Waals surface area contributed by atoms with E-state index in [9.17, 15) is 0 Å². The molecule has 0 radical (unpaired) electrons. The number of hydrogen-bond donors (Lipinski definition) is 1. The Morgan fingerprint density at radius 1 is 1.62 bits per heavy atom. The summed E-state index contributed by atoms with van der Waals surface area (Å²) >= 11 is 6.09. The summed E-state index contributed by atoms with van der Waals surface area (Å²) in [6, 6.07) is 0.346. The van der Waals surface area contributed by atoms with E-state index in [-0.39, 0.29) is 0 Å². The molecule has 2 N–H and O–H groups in total. The van der Waals surface area contributed by atoms with Gasteiger partial charge in [0.1, 0.15) is 0 Å². The van der Waals surface area contributed by atoms with E-state index in [4.69, 9.17) is 17.3 Å². The van der Waals surface area contributed by atoms with E-state index in [1.807, 2.05) is 11.7 Å². The van der Waals surface area contributed by atoms with Crippen LogP contribution in [0.1, 0.15) is 19.0 Å². The smallest absolute Gasteiger partial charge is 0.0831 e. The quantitative estimate of drug-likeness (QED) is 0.849. The first-order valence-corrected chi connectivity index (χ1v) is 6.10. The monoisotopic (exact) mass is 242 g/mol. The maximum atomic E-state index is 6.09. The highest BCUT2D eigenvalue weighted by Crippen LogP contribution is 2.20. The van der Waals surface area contributed by atoms with E-state index >= 15 is 0 Å². The molecular weight excluding hydrogens is 224 g/mol. The zero-order valence-electron chi connectivity index (χ0n) is 9.86. The number of hydrogen-bond acceptors (Lipinski definition) is 3. The fraction of sp³-hybridized carbons (Fsp3) is 0.727. The van der Waals surface area contributed by atoms with Crippen LogP contribution in [0.2, 0.25) is 5.02 Å². The third kappa shape index (κ3) is 2.39. The molecule has 2 atom stereocenters. The number of likely N-dealkylation sites (tertiary alicyclic amines) is 1. The van der Waals surface area contributed by atoms with Crippen LogP contribution in [0.3, 0.4) is 0 Å². The van der Waals surface area contributed by atoms with Crippen molar-refractivity contribution in [3.63, 3.8) is 0 Å². The number of halogens is 1. The number of aromatic nitrogens is 2. The first-order valence-electron chi connectivity index (χ1n) is 5.72. The SMILES string of the molecule is CC1CN(Cc2c(Cl)cnn2C)CCC1N. The predicted octanol–water partition coefficient (Wildman–Crippen LogP) is 1.24. The molecule has 90 valence electrons. The normalized spacial score (nSPS) is 27.2. The van der Waals surface area contributed by atoms with Crippen molar-refractivity contribution in [1.29, 1.82) is 0 Å². The van der Waals surface area contributed by atoms with Crippen molar-refractivity contribution in [3.05, 3.63) is 16.9 Å². The van der Waals surface area contributed by atoms with Gasteiger partial charge in [-0.2, -0.15) is 5.10 Å². The number of nitrogens with two attached hydrogens (primary N) is 1. The first-order chi connectivity index (χ1) is 7.58. The maximum Gasteiger partial charge on any atom is 0.0831 e. The number of piperidine rings is 1. The summed E-state index contributed by atoms with van der Waals surface area (Å²) in [5.74, 6) is 0.556. The fourth-order valence-corrected chi connectivity index (χ4v) is 2.45. The van der Waals surface area contributed by atoms with Gasteiger partial charge in [0.05, 0.1) is 16.9 Å². The molecule has 0 amide bonds. The van der Waals surface area contributed by atoms with E-state index in [1.165, 1.54) is 0 Å². The van der Waals surface area contributed by atoms with Gasteiger partial charge >= 0.3 is 0 Å². The topological polar surface area (TPSA) is 47.1 Å². The summed E-state index contributed by atoms with van der Waals surface area (Å²) in [6.07, 6.45) is 2.77. The summed E-state index contributed by atoms with van der Waals surface area (Å²) in [7, 11) is 1.93. The van der Waals surface area contributed by atoms with Crippen LogP contribution in [-0.4, -0.2) is 33.8 Å². The van der Waals surface area contributed by atoms with E-state index in [1.54, 1.807) is 6.20 Å². The lowest BCUT2D eigenvalue weighted by Crippen LogP contribution is -2.45. The van der Waals surface area contributed by atoms with E-state index in [0.717, 1.165) is 36.8 Å². The molecule has 1 aliphatic rings. The Kier molecular flexibility index (Phi) is 3.52. The van der Waals surface area contributed by atoms with Crippen LogP contribution < -0.4 is 5.73 Å². The minimum absolute atomic E-state index is 0.346. The van der Waals surface area contributed by atoms with Crippen LogP contribution in [-0.2, 0) is 13.6 Å². The molecule has 0 aliphatic carbocycles. The molecule has 2 unspecified atom stereocenters. The van der Waals surface area contributed by atoms with Crippen LogP contribution >= 0.6 is 11.6 Å². The zero-order chi connectivity index (χ0) is 11.7. The van der Waals surface area contributed by atoms with Crippen molar-refractivity contribution >= 4 is 11.6 Å². The third-order valence-electron chi connectivity index (χ3n) is 3.44. The summed E-state index contributed by atoms with van der Waals surface area (Å²) in [5, 5.41) is 4.90. The van der Waals surface area contributed by atoms with Crippen molar-refractivity contribution in [2.45, 2.75) is 25.9 Å². The lowest BCUT2D eigenvalue weighted by molar-refractivity contribution is 0.154. The zero-order valence-corrected chi connectivity index (χ0v) is 10.6. The highest BCUT2D eigenvalue weighted by molar-refractivity contribution is 6.31. The summed E-state index contributed by atoms with van der Waals surface area (Å²) in [4.78, 5) is 2.40. The third-order valence-corrected chi connectivity index (χ3v) is 3.76. The van der Waals surface area contributed by atoms with E-state index in [2.05, 4.69) is 16.9 Å². The van der Waals surface area contributed by atoms with Gasteiger partial charge in [-0.05, 0) is 12.3 Å². The molecule has 2 rings (SSSR count). The van der Waals surface area contributed by atoms with Crippen molar-refractivity contribution < 1.29 is 0 Å². The Balaban J connectivity index is 2.00. The van der Waals surface area contributed by atoms with Crippen molar-refractivity contribution in [3.8, 4) is 0 Å². The Morgan fingerprint density at radius 2 is 2.38 bits per heavy atom. The van der Waals surface area contributed by atoms with Crippen LogP contribution in [0.15, 0.2) is 6.20 Å². The average Bonchev–Trinajstić information content (AvgIpc) is 2.55. The summed E-state index contributed by atoms with van der Waals surface area (Å²) in [5.41, 5.74) is 7.09. The molecule has 5 heteroatoms. The molecule has 1 fully saturated rings. The van der Waals surface area contributed by atoms with E-state index in [0.29, 0.717) is 12.0 Å². The summed E-state index contributed by atoms with van der Waals surface area (Å²) in [6.45, 7) is 5.17. The second-order valence-electron chi connectivity index (χ2n) is 4.73. The fourth-order valence-electron chi connectivity index (χ4n) is 2.22. The molecule has 1 saturated heterocycles. The van der Waals surface area contributed by atoms with Crippen LogP contribution in [0.5, 0.6) is 0 Å². The largest absolute Gasteiger partial charge is 0.327 e. The number of nitrogens with zero attached hydrogens (tertiary/aromatic N) is 3. The lowest BCUT2D eigenvalue weighted by Gasteiger charge is -2.35. The molecule has 4 nitrogen and oxygen atoms in total. The molecule has 16 heavy (non-hydrogen) atoms. The van der Waals surface area contributed by atoms with Gasteiger partial charge in [-0.3, -0.25) is 9.58 Å². The van der Waals surface area contributed by atoms with Crippen molar-refractivity contribution in [1.82, 2.24) is 14.7 Å². The van der Waals surface area contributed by atoms with Crippen molar-refractivity contribution in [2.24, 2.45) is 18.7 Å². The highest BCUT2D eigenvalue weighted by Gasteiger charge is 2.24. The predicted molar refractivity (Wildman–Crippen MR) is 65.3 cm³/mol. The van der Waals surface area contributed by atoms with Gasteiger partial charge in [0.15, 0.2) is 0 Å². The Labute approximate surface area is 101 Å². The first kappa shape index (κ1) is 11.9. The molecule has 1 aromatic rings. The van der Waals surface area contributed by atoms with Gasteiger partial charge in [-0.1, -0.05) is 18.5 Å². The van der Waals surface area contributed by atoms with Gasteiger partial charge in [-0.25, -0.2) is 0 Å². The number of aryl methyl sites for hydroxylation is 1. The molecule has 2 heterocycles. The average molecular weight is 243 g/mol. The highest BCUT2D eigenvalue weighted by atomic mass is 35.5. The second-order valence-corrected chi connectivity index (χ2v) is 5.13. The molecule has 1 aliphatic heterocycles. The van der Waals surface area contributed by atoms with Gasteiger partial charge in [0, 0.05) is 32.7 Å². The van der Waals surface area contributed by atoms with Gasteiger partial charge in [0.25, 0.3) is 0 Å². The maximum absolute atomic E-state index is 6.09. The van der Waals surface area contributed by atoms with Crippen LogP contribution in [0.25, 0.3) is 0 Å². The Bertz CT molecular complexity index is 343. The van der Waals surface area contributed by atoms with Gasteiger partial charge < -0.3 is 5.73 Å². The Morgan fingerprint density at radius 3 is 2.94 bits per heavy atom. The standard InChI is InChI=1S/C11H19ClN4/c1-8-6-16(4-3-10(8)13)7-11-9(12)5-14-15(11)2/h5,8,10H,3-4,6-7,13H2,1-2H3. The minimum Gasteiger partial charge on any atom is -0.327 e. The molecular formula is C11H19ClN4. The lowest BCUT2D eigenvalue weighted by atomic mass is 9.95. The minimum atomic E-state index is 0.346. The molecule has 0 bridgehead atoms. The van der Waals surface area contributed by atoms with Crippen molar-refractivity contribution in [2.75, 3.05) is 13.1 Å². The Hall–Kier alpha value is -0.580. The molecule has 0 saturated carbocycles. The van der Waals surface area contributed by atoms with Gasteiger partial charge in [-0.15, -0.1) is 0 Å². The number of rotatable bonds is 2. The summed E-state index contributed by atoms with van der Waals surface area (Å²) < 4.78 is 1.85. The van der Waals surface area contributed by atoms with E-state index < -0.39 is 0 Å². The van der Waals surface area contributed by atoms with Gasteiger partial charge in [0.2, 0.25) is 0 Å². The van der Waals surface area contributed by atoms with Crippen LogP contribution in [0.4, 0.5) is 0 Å². The molecule has 1 aromatic heterocycles. The molecule has 0 aromatic carbocycles. The molecule has 0 spiro atoms.